The molecule has 0 aliphatic carbocycles. The van der Waals surface area contributed by atoms with E-state index < -0.39 is 84.5 Å². The number of rotatable bonds is 12. The molecule has 13 nitrogen and oxygen atoms in total. The standard InChI is InChI=1S/C28H42O13/c1-13(29)9-21-16(4)37-24(12-36-18(6)32)27(26(21)39-20(8)34)41-28-22(10-14(2)30)25(38-19(7)33)15(3)23(40-28)11-35-17(5)31/h15-16,21-28H,9-12H2,1-8H3/t15-,16+,21?,22?,23?,24?,25?,26+,27-,28+/m1/s1. The van der Waals surface area contributed by atoms with Gasteiger partial charge in [0.05, 0.1) is 12.0 Å². The summed E-state index contributed by atoms with van der Waals surface area (Å²) in [7, 11) is 0. The van der Waals surface area contributed by atoms with Crippen molar-refractivity contribution in [3.05, 3.63) is 0 Å². The average Bonchev–Trinajstić information content (AvgIpc) is 2.83. The molecule has 0 aromatic heterocycles. The van der Waals surface area contributed by atoms with E-state index in [9.17, 15) is 28.8 Å². The van der Waals surface area contributed by atoms with Crippen LogP contribution >= 0.6 is 0 Å². The van der Waals surface area contributed by atoms with E-state index in [1.165, 1.54) is 41.5 Å². The Morgan fingerprint density at radius 2 is 1.07 bits per heavy atom. The molecule has 2 aliphatic heterocycles. The van der Waals surface area contributed by atoms with Gasteiger partial charge < -0.3 is 42.7 Å². The Hall–Kier alpha value is -2.90. The minimum absolute atomic E-state index is 0.00381. The normalized spacial score (nSPS) is 33.3. The molecule has 2 heterocycles. The summed E-state index contributed by atoms with van der Waals surface area (Å²) < 4.78 is 40.5. The van der Waals surface area contributed by atoms with E-state index in [1.807, 2.05) is 0 Å². The molecule has 0 N–H and O–H groups in total. The number of hydrogen-bond acceptors (Lipinski definition) is 13. The lowest BCUT2D eigenvalue weighted by Crippen LogP contribution is -2.61. The van der Waals surface area contributed by atoms with Crippen LogP contribution in [0, 0.1) is 17.8 Å². The third kappa shape index (κ3) is 10.2. The topological polar surface area (TPSA) is 167 Å². The van der Waals surface area contributed by atoms with Crippen molar-refractivity contribution in [2.24, 2.45) is 17.8 Å². The molecule has 0 amide bonds. The monoisotopic (exact) mass is 586 g/mol. The highest BCUT2D eigenvalue weighted by Crippen LogP contribution is 2.40. The number of esters is 4. The van der Waals surface area contributed by atoms with Crippen molar-refractivity contribution in [1.29, 1.82) is 0 Å². The van der Waals surface area contributed by atoms with Crippen LogP contribution in [0.5, 0.6) is 0 Å². The predicted molar refractivity (Wildman–Crippen MR) is 139 cm³/mol. The van der Waals surface area contributed by atoms with Crippen molar-refractivity contribution in [3.8, 4) is 0 Å². The van der Waals surface area contributed by atoms with Gasteiger partial charge in [0.1, 0.15) is 55.3 Å². The summed E-state index contributed by atoms with van der Waals surface area (Å²) in [4.78, 5) is 72.0. The van der Waals surface area contributed by atoms with Gasteiger partial charge in [-0.25, -0.2) is 0 Å². The summed E-state index contributed by atoms with van der Waals surface area (Å²) in [5, 5.41) is 0. The Morgan fingerprint density at radius 1 is 0.585 bits per heavy atom. The quantitative estimate of drug-likeness (QED) is 0.240. The smallest absolute Gasteiger partial charge is 0.303 e. The van der Waals surface area contributed by atoms with Crippen molar-refractivity contribution >= 4 is 35.4 Å². The third-order valence-electron chi connectivity index (χ3n) is 7.13. The second kappa shape index (κ2) is 15.4. The number of Topliss-reactive ketones (excluding diaryl/α,β-unsaturated/α-hetero) is 2. The minimum atomic E-state index is -1.24. The zero-order valence-corrected chi connectivity index (χ0v) is 24.9. The number of carbonyl (C=O) groups is 6. The average molecular weight is 587 g/mol. The molecule has 0 saturated carbocycles. The summed E-state index contributed by atoms with van der Waals surface area (Å²) in [6.07, 6.45) is -6.70. The van der Waals surface area contributed by atoms with Gasteiger partial charge in [0.15, 0.2) is 6.29 Å². The number of ether oxygens (including phenoxy) is 7. The highest BCUT2D eigenvalue weighted by atomic mass is 16.7. The lowest BCUT2D eigenvalue weighted by molar-refractivity contribution is -0.323. The fourth-order valence-corrected chi connectivity index (χ4v) is 5.40. The molecule has 13 heteroatoms. The Labute approximate surface area is 239 Å². The molecular weight excluding hydrogens is 544 g/mol. The largest absolute Gasteiger partial charge is 0.463 e. The predicted octanol–water partition coefficient (Wildman–Crippen LogP) is 1.70. The van der Waals surface area contributed by atoms with E-state index in [1.54, 1.807) is 13.8 Å². The minimum Gasteiger partial charge on any atom is -0.463 e. The van der Waals surface area contributed by atoms with Gasteiger partial charge in [0, 0.05) is 52.4 Å². The van der Waals surface area contributed by atoms with Crippen molar-refractivity contribution in [1.82, 2.24) is 0 Å². The zero-order chi connectivity index (χ0) is 31.0. The lowest BCUT2D eigenvalue weighted by atomic mass is 9.81. The molecule has 2 fully saturated rings. The van der Waals surface area contributed by atoms with Gasteiger partial charge in [-0.1, -0.05) is 6.92 Å². The second-order valence-corrected chi connectivity index (χ2v) is 10.8. The molecular formula is C28H42O13. The molecule has 5 unspecified atom stereocenters. The SMILES string of the molecule is CC(=O)CC1C(OC(C)=O)[C@H](C)C(COC(C)=O)O[C@H]1O[C@@H]1C(COC(C)=O)O[C@@H](C)C(CC(C)=O)[C@@H]1OC(C)=O. The van der Waals surface area contributed by atoms with Crippen molar-refractivity contribution in [3.63, 3.8) is 0 Å². The summed E-state index contributed by atoms with van der Waals surface area (Å²) in [6.45, 7) is 10.7. The Balaban J connectivity index is 2.57. The maximum atomic E-state index is 12.3. The maximum absolute atomic E-state index is 12.3. The second-order valence-electron chi connectivity index (χ2n) is 10.8. The van der Waals surface area contributed by atoms with Gasteiger partial charge in [-0.2, -0.15) is 0 Å². The Bertz CT molecular complexity index is 978. The lowest BCUT2D eigenvalue weighted by Gasteiger charge is -2.49. The third-order valence-corrected chi connectivity index (χ3v) is 7.13. The van der Waals surface area contributed by atoms with E-state index in [0.717, 1.165) is 0 Å². The molecule has 0 spiro atoms. The Morgan fingerprint density at radius 3 is 1.56 bits per heavy atom. The maximum Gasteiger partial charge on any atom is 0.303 e. The van der Waals surface area contributed by atoms with Gasteiger partial charge in [-0.15, -0.1) is 0 Å². The highest BCUT2D eigenvalue weighted by molar-refractivity contribution is 5.76. The summed E-state index contributed by atoms with van der Waals surface area (Å²) >= 11 is 0. The molecule has 0 radical (unpaired) electrons. The van der Waals surface area contributed by atoms with E-state index in [0.29, 0.717) is 0 Å². The van der Waals surface area contributed by atoms with Crippen LogP contribution < -0.4 is 0 Å². The zero-order valence-electron chi connectivity index (χ0n) is 24.9. The van der Waals surface area contributed by atoms with Crippen LogP contribution in [0.3, 0.4) is 0 Å². The molecule has 41 heavy (non-hydrogen) atoms. The molecule has 0 bridgehead atoms. The number of hydrogen-bond donors (Lipinski definition) is 0. The van der Waals surface area contributed by atoms with Crippen molar-refractivity contribution < 1.29 is 61.9 Å². The van der Waals surface area contributed by atoms with Crippen LogP contribution in [0.4, 0.5) is 0 Å². The van der Waals surface area contributed by atoms with Gasteiger partial charge in [0.2, 0.25) is 0 Å². The van der Waals surface area contributed by atoms with Crippen LogP contribution in [0.25, 0.3) is 0 Å². The summed E-state index contributed by atoms with van der Waals surface area (Å²) in [5.41, 5.74) is 0. The van der Waals surface area contributed by atoms with Crippen molar-refractivity contribution in [2.75, 3.05) is 13.2 Å². The molecule has 2 saturated heterocycles. The van der Waals surface area contributed by atoms with Crippen LogP contribution in [0.15, 0.2) is 0 Å². The fraction of sp³-hybridized carbons (Fsp3) is 0.786. The first-order valence-corrected chi connectivity index (χ1v) is 13.7. The molecule has 0 aromatic carbocycles. The van der Waals surface area contributed by atoms with Gasteiger partial charge in [0.25, 0.3) is 0 Å². The van der Waals surface area contributed by atoms with Gasteiger partial charge in [-0.05, 0) is 20.8 Å². The molecule has 0 aromatic rings. The van der Waals surface area contributed by atoms with Gasteiger partial charge >= 0.3 is 23.9 Å². The van der Waals surface area contributed by atoms with Crippen LogP contribution in [-0.4, -0.2) is 91.6 Å². The molecule has 10 atom stereocenters. The summed E-state index contributed by atoms with van der Waals surface area (Å²) in [5.74, 6) is -4.70. The van der Waals surface area contributed by atoms with E-state index in [4.69, 9.17) is 33.2 Å². The van der Waals surface area contributed by atoms with E-state index in [-0.39, 0.29) is 37.6 Å². The molecule has 2 rings (SSSR count). The fourth-order valence-electron chi connectivity index (χ4n) is 5.40. The number of ketones is 2. The highest BCUT2D eigenvalue weighted by Gasteiger charge is 2.53. The first-order chi connectivity index (χ1) is 19.1. The first-order valence-electron chi connectivity index (χ1n) is 13.7. The molecule has 232 valence electrons. The van der Waals surface area contributed by atoms with Crippen molar-refractivity contribution in [2.45, 2.75) is 111 Å². The van der Waals surface area contributed by atoms with Crippen LogP contribution in [-0.2, 0) is 61.9 Å². The van der Waals surface area contributed by atoms with E-state index in [2.05, 4.69) is 0 Å². The summed E-state index contributed by atoms with van der Waals surface area (Å²) in [6, 6.07) is 0. The first kappa shape index (κ1) is 34.3. The number of carbonyl (C=O) groups excluding carboxylic acids is 6. The van der Waals surface area contributed by atoms with Crippen LogP contribution in [0.1, 0.15) is 68.2 Å². The van der Waals surface area contributed by atoms with E-state index >= 15 is 0 Å². The van der Waals surface area contributed by atoms with Crippen LogP contribution in [0.2, 0.25) is 0 Å². The molecule has 2 aliphatic rings. The van der Waals surface area contributed by atoms with Gasteiger partial charge in [-0.3, -0.25) is 19.2 Å². The Kier molecular flexibility index (Phi) is 12.9.